The standard InChI is InChI=1S/C19H23N3O3/c1-12-13(2)21-17-10-14(8-9-16(17)20-12)19(24)25-11-18(23)22-15-6-4-3-5-7-15/h8-10,15H,3-7,11H2,1-2H3,(H,22,23). The first kappa shape index (κ1) is 17.3. The smallest absolute Gasteiger partial charge is 0.338 e. The lowest BCUT2D eigenvalue weighted by Crippen LogP contribution is -2.38. The number of fused-ring (bicyclic) bond motifs is 1. The van der Waals surface area contributed by atoms with Crippen molar-refractivity contribution in [2.75, 3.05) is 6.61 Å². The van der Waals surface area contributed by atoms with Crippen molar-refractivity contribution < 1.29 is 14.3 Å². The first-order valence-electron chi connectivity index (χ1n) is 8.74. The molecule has 3 rings (SSSR count). The average molecular weight is 341 g/mol. The van der Waals surface area contributed by atoms with Gasteiger partial charge in [-0.1, -0.05) is 19.3 Å². The van der Waals surface area contributed by atoms with Crippen molar-refractivity contribution in [3.63, 3.8) is 0 Å². The molecule has 0 saturated heterocycles. The Hall–Kier alpha value is -2.50. The third kappa shape index (κ3) is 4.32. The van der Waals surface area contributed by atoms with Crippen LogP contribution in [0.3, 0.4) is 0 Å². The van der Waals surface area contributed by atoms with Gasteiger partial charge in [0, 0.05) is 6.04 Å². The first-order valence-corrected chi connectivity index (χ1v) is 8.74. The average Bonchev–Trinajstić information content (AvgIpc) is 2.61. The largest absolute Gasteiger partial charge is 0.452 e. The number of rotatable bonds is 4. The van der Waals surface area contributed by atoms with E-state index in [2.05, 4.69) is 15.3 Å². The van der Waals surface area contributed by atoms with Crippen molar-refractivity contribution in [2.45, 2.75) is 52.0 Å². The highest BCUT2D eigenvalue weighted by Gasteiger charge is 2.17. The summed E-state index contributed by atoms with van der Waals surface area (Å²) < 4.78 is 5.14. The molecule has 0 radical (unpaired) electrons. The fourth-order valence-electron chi connectivity index (χ4n) is 3.09. The molecule has 0 bridgehead atoms. The lowest BCUT2D eigenvalue weighted by Gasteiger charge is -2.22. The minimum absolute atomic E-state index is 0.210. The van der Waals surface area contributed by atoms with Crippen LogP contribution in [0.5, 0.6) is 0 Å². The topological polar surface area (TPSA) is 81.2 Å². The predicted molar refractivity (Wildman–Crippen MR) is 94.3 cm³/mol. The summed E-state index contributed by atoms with van der Waals surface area (Å²) >= 11 is 0. The summed E-state index contributed by atoms with van der Waals surface area (Å²) in [5, 5.41) is 2.93. The van der Waals surface area contributed by atoms with Crippen molar-refractivity contribution in [2.24, 2.45) is 0 Å². The lowest BCUT2D eigenvalue weighted by molar-refractivity contribution is -0.125. The molecule has 2 aromatic rings. The monoisotopic (exact) mass is 341 g/mol. The van der Waals surface area contributed by atoms with E-state index < -0.39 is 5.97 Å². The number of esters is 1. The van der Waals surface area contributed by atoms with Crippen LogP contribution in [0.1, 0.15) is 53.8 Å². The van der Waals surface area contributed by atoms with E-state index in [9.17, 15) is 9.59 Å². The van der Waals surface area contributed by atoms with E-state index in [0.29, 0.717) is 11.1 Å². The molecule has 1 aliphatic rings. The Morgan fingerprint density at radius 3 is 2.48 bits per heavy atom. The van der Waals surface area contributed by atoms with E-state index in [0.717, 1.165) is 42.6 Å². The molecular formula is C19H23N3O3. The molecule has 0 spiro atoms. The van der Waals surface area contributed by atoms with Crippen LogP contribution in [0.4, 0.5) is 0 Å². The number of nitrogens with one attached hydrogen (secondary N) is 1. The van der Waals surface area contributed by atoms with Gasteiger partial charge in [0.15, 0.2) is 6.61 Å². The maximum atomic E-state index is 12.2. The molecule has 0 unspecified atom stereocenters. The third-order valence-electron chi connectivity index (χ3n) is 4.62. The number of carbonyl (C=O) groups excluding carboxylic acids is 2. The van der Waals surface area contributed by atoms with E-state index >= 15 is 0 Å². The maximum absolute atomic E-state index is 12.2. The van der Waals surface area contributed by atoms with Gasteiger partial charge in [0.2, 0.25) is 0 Å². The second-order valence-corrected chi connectivity index (χ2v) is 6.58. The van der Waals surface area contributed by atoms with Crippen LogP contribution in [0.25, 0.3) is 11.0 Å². The highest BCUT2D eigenvalue weighted by molar-refractivity contribution is 5.94. The Morgan fingerprint density at radius 2 is 1.76 bits per heavy atom. The van der Waals surface area contributed by atoms with Crippen molar-refractivity contribution >= 4 is 22.9 Å². The Morgan fingerprint density at radius 1 is 1.08 bits per heavy atom. The molecule has 1 heterocycles. The molecule has 1 aliphatic carbocycles. The van der Waals surface area contributed by atoms with Gasteiger partial charge >= 0.3 is 5.97 Å². The molecule has 0 atom stereocenters. The summed E-state index contributed by atoms with van der Waals surface area (Å²) in [5.74, 6) is -0.770. The van der Waals surface area contributed by atoms with Gasteiger partial charge < -0.3 is 10.1 Å². The summed E-state index contributed by atoms with van der Waals surface area (Å²) in [4.78, 5) is 33.0. The van der Waals surface area contributed by atoms with Gasteiger partial charge in [-0.05, 0) is 44.9 Å². The number of amides is 1. The third-order valence-corrected chi connectivity index (χ3v) is 4.62. The Kier molecular flexibility index (Phi) is 5.26. The fourth-order valence-corrected chi connectivity index (χ4v) is 3.09. The van der Waals surface area contributed by atoms with Crippen LogP contribution in [-0.2, 0) is 9.53 Å². The highest BCUT2D eigenvalue weighted by Crippen LogP contribution is 2.17. The number of benzene rings is 1. The molecule has 132 valence electrons. The normalized spacial score (nSPS) is 15.1. The van der Waals surface area contributed by atoms with E-state index in [1.165, 1.54) is 6.42 Å². The molecule has 1 amide bonds. The zero-order valence-corrected chi connectivity index (χ0v) is 14.7. The number of aryl methyl sites for hydroxylation is 2. The minimum Gasteiger partial charge on any atom is -0.452 e. The van der Waals surface area contributed by atoms with Crippen molar-refractivity contribution in [3.05, 3.63) is 35.2 Å². The summed E-state index contributed by atoms with van der Waals surface area (Å²) in [5.41, 5.74) is 3.43. The zero-order valence-electron chi connectivity index (χ0n) is 14.7. The van der Waals surface area contributed by atoms with Crippen molar-refractivity contribution in [3.8, 4) is 0 Å². The van der Waals surface area contributed by atoms with Gasteiger partial charge in [-0.15, -0.1) is 0 Å². The summed E-state index contributed by atoms with van der Waals surface area (Å²) in [7, 11) is 0. The molecule has 1 aromatic carbocycles. The second kappa shape index (κ2) is 7.59. The molecule has 0 aliphatic heterocycles. The van der Waals surface area contributed by atoms with Gasteiger partial charge in [0.05, 0.1) is 28.0 Å². The van der Waals surface area contributed by atoms with Gasteiger partial charge in [0.25, 0.3) is 5.91 Å². The van der Waals surface area contributed by atoms with E-state index in [1.54, 1.807) is 18.2 Å². The van der Waals surface area contributed by atoms with Crippen LogP contribution >= 0.6 is 0 Å². The van der Waals surface area contributed by atoms with Crippen LogP contribution in [0.2, 0.25) is 0 Å². The highest BCUT2D eigenvalue weighted by atomic mass is 16.5. The number of ether oxygens (including phenoxy) is 1. The van der Waals surface area contributed by atoms with Gasteiger partial charge in [-0.2, -0.15) is 0 Å². The number of hydrogen-bond donors (Lipinski definition) is 1. The van der Waals surface area contributed by atoms with Crippen molar-refractivity contribution in [1.29, 1.82) is 0 Å². The Labute approximate surface area is 147 Å². The van der Waals surface area contributed by atoms with Crippen molar-refractivity contribution in [1.82, 2.24) is 15.3 Å². The molecule has 1 aromatic heterocycles. The van der Waals surface area contributed by atoms with Crippen LogP contribution in [-0.4, -0.2) is 34.5 Å². The molecule has 6 nitrogen and oxygen atoms in total. The molecule has 1 fully saturated rings. The number of carbonyl (C=O) groups is 2. The Bertz CT molecular complexity index is 798. The van der Waals surface area contributed by atoms with Gasteiger partial charge in [0.1, 0.15) is 0 Å². The van der Waals surface area contributed by atoms with E-state index in [4.69, 9.17) is 4.74 Å². The molecule has 1 saturated carbocycles. The van der Waals surface area contributed by atoms with E-state index in [-0.39, 0.29) is 18.6 Å². The SMILES string of the molecule is Cc1nc2ccc(C(=O)OCC(=O)NC3CCCCC3)cc2nc1C. The van der Waals surface area contributed by atoms with Gasteiger partial charge in [-0.25, -0.2) is 14.8 Å². The van der Waals surface area contributed by atoms with Crippen LogP contribution in [0.15, 0.2) is 18.2 Å². The maximum Gasteiger partial charge on any atom is 0.338 e. The van der Waals surface area contributed by atoms with E-state index in [1.807, 2.05) is 13.8 Å². The fraction of sp³-hybridized carbons (Fsp3) is 0.474. The van der Waals surface area contributed by atoms with Crippen LogP contribution in [0, 0.1) is 13.8 Å². The molecule has 6 heteroatoms. The lowest BCUT2D eigenvalue weighted by atomic mass is 9.95. The first-order chi connectivity index (χ1) is 12.0. The number of nitrogens with zero attached hydrogens (tertiary/aromatic N) is 2. The number of hydrogen-bond acceptors (Lipinski definition) is 5. The molecular weight excluding hydrogens is 318 g/mol. The van der Waals surface area contributed by atoms with Gasteiger partial charge in [-0.3, -0.25) is 4.79 Å². The Balaban J connectivity index is 1.59. The molecule has 1 N–H and O–H groups in total. The summed E-state index contributed by atoms with van der Waals surface area (Å²) in [6, 6.07) is 5.25. The summed E-state index contributed by atoms with van der Waals surface area (Å²) in [6.45, 7) is 3.52. The molecule has 25 heavy (non-hydrogen) atoms. The second-order valence-electron chi connectivity index (χ2n) is 6.58. The minimum atomic E-state index is -0.527. The zero-order chi connectivity index (χ0) is 17.8. The predicted octanol–water partition coefficient (Wildman–Crippen LogP) is 2.85. The quantitative estimate of drug-likeness (QED) is 0.865. The number of aromatic nitrogens is 2. The van der Waals surface area contributed by atoms with Crippen LogP contribution < -0.4 is 5.32 Å². The summed E-state index contributed by atoms with van der Waals surface area (Å²) in [6.07, 6.45) is 5.51.